The van der Waals surface area contributed by atoms with E-state index in [1.807, 2.05) is 26.8 Å². The van der Waals surface area contributed by atoms with E-state index in [0.29, 0.717) is 33.2 Å². The molecule has 2 N–H and O–H groups in total. The summed E-state index contributed by atoms with van der Waals surface area (Å²) in [7, 11) is 0. The first kappa shape index (κ1) is 21.0. The average Bonchev–Trinajstić information content (AvgIpc) is 2.60. The predicted molar refractivity (Wildman–Crippen MR) is 118 cm³/mol. The molecule has 0 fully saturated rings. The number of benzene rings is 1. The number of nitrogens with one attached hydrogen (secondary N) is 2. The molecule has 0 unspecified atom stereocenters. The molecule has 0 aliphatic heterocycles. The fourth-order valence-corrected chi connectivity index (χ4v) is 3.39. The van der Waals surface area contributed by atoms with E-state index in [9.17, 15) is 4.79 Å². The third kappa shape index (κ3) is 5.65. The minimum Gasteiger partial charge on any atom is -0.352 e. The summed E-state index contributed by atoms with van der Waals surface area (Å²) in [6, 6.07) is 10.6. The Morgan fingerprint density at radius 2 is 1.79 bits per heavy atom. The van der Waals surface area contributed by atoms with Gasteiger partial charge in [0.15, 0.2) is 5.78 Å². The second kappa shape index (κ2) is 9.20. The van der Waals surface area contributed by atoms with Crippen LogP contribution in [-0.2, 0) is 6.42 Å². The maximum atomic E-state index is 12.7. The fraction of sp³-hybridized carbons (Fsp3) is 0.238. The van der Waals surface area contributed by atoms with Crippen LogP contribution in [0.4, 0.5) is 17.6 Å². The molecule has 6 nitrogen and oxygen atoms in total. The maximum absolute atomic E-state index is 12.7. The highest BCUT2D eigenvalue weighted by Crippen LogP contribution is 2.26. The Labute approximate surface area is 179 Å². The number of hydrogen-bond donors (Lipinski definition) is 2. The van der Waals surface area contributed by atoms with Gasteiger partial charge in [-0.15, -0.1) is 0 Å². The van der Waals surface area contributed by atoms with Crippen LogP contribution in [0.5, 0.6) is 0 Å². The minimum absolute atomic E-state index is 0.154. The Morgan fingerprint density at radius 1 is 1.07 bits per heavy atom. The molecule has 8 heteroatoms. The van der Waals surface area contributed by atoms with Crippen LogP contribution in [0.25, 0.3) is 0 Å². The fourth-order valence-electron chi connectivity index (χ4n) is 2.78. The van der Waals surface area contributed by atoms with Crippen molar-refractivity contribution >= 4 is 46.6 Å². The molecule has 3 aromatic rings. The van der Waals surface area contributed by atoms with E-state index in [1.54, 1.807) is 36.5 Å². The molecule has 2 aromatic heterocycles. The van der Waals surface area contributed by atoms with Crippen molar-refractivity contribution in [3.8, 4) is 0 Å². The van der Waals surface area contributed by atoms with Crippen molar-refractivity contribution < 1.29 is 4.79 Å². The van der Waals surface area contributed by atoms with Gasteiger partial charge in [0.1, 0.15) is 11.6 Å². The SMILES string of the molecule is Cc1cc(Nc2cc(CC(=O)c3c(Cl)cccc3Cl)ccn2)nc(NC(C)C)n1. The summed E-state index contributed by atoms with van der Waals surface area (Å²) in [4.78, 5) is 25.8. The molecule has 2 heterocycles. The van der Waals surface area contributed by atoms with E-state index in [2.05, 4.69) is 25.6 Å². The van der Waals surface area contributed by atoms with Crippen molar-refractivity contribution in [2.45, 2.75) is 33.2 Å². The smallest absolute Gasteiger partial charge is 0.225 e. The molecule has 0 saturated heterocycles. The van der Waals surface area contributed by atoms with Crippen molar-refractivity contribution in [3.05, 3.63) is 69.5 Å². The second-order valence-electron chi connectivity index (χ2n) is 6.89. The van der Waals surface area contributed by atoms with Crippen LogP contribution in [0, 0.1) is 6.92 Å². The molecular weight excluding hydrogens is 409 g/mol. The number of ketones is 1. The molecule has 1 aromatic carbocycles. The highest BCUT2D eigenvalue weighted by molar-refractivity contribution is 6.39. The first-order valence-electron chi connectivity index (χ1n) is 9.13. The van der Waals surface area contributed by atoms with E-state index >= 15 is 0 Å². The van der Waals surface area contributed by atoms with Gasteiger partial charge < -0.3 is 10.6 Å². The van der Waals surface area contributed by atoms with E-state index in [-0.39, 0.29) is 18.2 Å². The lowest BCUT2D eigenvalue weighted by molar-refractivity contribution is 0.0993. The van der Waals surface area contributed by atoms with Crippen LogP contribution < -0.4 is 10.6 Å². The summed E-state index contributed by atoms with van der Waals surface area (Å²) in [6.45, 7) is 5.94. The molecule has 0 radical (unpaired) electrons. The zero-order valence-corrected chi connectivity index (χ0v) is 17.8. The first-order chi connectivity index (χ1) is 13.8. The quantitative estimate of drug-likeness (QED) is 0.484. The van der Waals surface area contributed by atoms with Gasteiger partial charge in [0, 0.05) is 30.4 Å². The Balaban J connectivity index is 1.78. The highest BCUT2D eigenvalue weighted by atomic mass is 35.5. The van der Waals surface area contributed by atoms with Crippen molar-refractivity contribution in [1.29, 1.82) is 0 Å². The number of Topliss-reactive ketones (excluding diaryl/α,β-unsaturated/α-hetero) is 1. The summed E-state index contributed by atoms with van der Waals surface area (Å²) < 4.78 is 0. The molecular formula is C21H21Cl2N5O. The van der Waals surface area contributed by atoms with Crippen LogP contribution >= 0.6 is 23.2 Å². The van der Waals surface area contributed by atoms with Gasteiger partial charge in [-0.3, -0.25) is 4.79 Å². The summed E-state index contributed by atoms with van der Waals surface area (Å²) in [5.74, 6) is 1.58. The number of pyridine rings is 1. The monoisotopic (exact) mass is 429 g/mol. The van der Waals surface area contributed by atoms with Gasteiger partial charge in [0.05, 0.1) is 15.6 Å². The van der Waals surface area contributed by atoms with Gasteiger partial charge >= 0.3 is 0 Å². The van der Waals surface area contributed by atoms with Crippen LogP contribution in [0.3, 0.4) is 0 Å². The normalized spacial score (nSPS) is 10.8. The molecule has 0 aliphatic rings. The van der Waals surface area contributed by atoms with E-state index < -0.39 is 0 Å². The van der Waals surface area contributed by atoms with Gasteiger partial charge in [-0.05, 0) is 50.6 Å². The van der Waals surface area contributed by atoms with Crippen LogP contribution in [-0.4, -0.2) is 26.8 Å². The number of aromatic nitrogens is 3. The molecule has 0 amide bonds. The third-order valence-electron chi connectivity index (χ3n) is 3.96. The topological polar surface area (TPSA) is 79.8 Å². The number of aryl methyl sites for hydroxylation is 1. The lowest BCUT2D eigenvalue weighted by Gasteiger charge is -2.12. The van der Waals surface area contributed by atoms with Gasteiger partial charge in [0.2, 0.25) is 5.95 Å². The van der Waals surface area contributed by atoms with E-state index in [4.69, 9.17) is 23.2 Å². The molecule has 3 rings (SSSR count). The number of halogens is 2. The van der Waals surface area contributed by atoms with Crippen molar-refractivity contribution in [2.24, 2.45) is 0 Å². The van der Waals surface area contributed by atoms with Crippen molar-refractivity contribution in [2.75, 3.05) is 10.6 Å². The van der Waals surface area contributed by atoms with Gasteiger partial charge in [-0.25, -0.2) is 9.97 Å². The lowest BCUT2D eigenvalue weighted by Crippen LogP contribution is -2.13. The average molecular weight is 430 g/mol. The van der Waals surface area contributed by atoms with Crippen molar-refractivity contribution in [3.63, 3.8) is 0 Å². The number of hydrogen-bond acceptors (Lipinski definition) is 6. The zero-order chi connectivity index (χ0) is 21.0. The van der Waals surface area contributed by atoms with Crippen LogP contribution in [0.1, 0.15) is 35.5 Å². The Morgan fingerprint density at radius 3 is 2.48 bits per heavy atom. The predicted octanol–water partition coefficient (Wildman–Crippen LogP) is 5.48. The van der Waals surface area contributed by atoms with Gasteiger partial charge in [-0.2, -0.15) is 4.98 Å². The summed E-state index contributed by atoms with van der Waals surface area (Å²) in [5.41, 5.74) is 1.94. The number of carbonyl (C=O) groups is 1. The molecule has 0 bridgehead atoms. The van der Waals surface area contributed by atoms with E-state index in [1.165, 1.54) is 0 Å². The summed E-state index contributed by atoms with van der Waals surface area (Å²) >= 11 is 12.3. The first-order valence-corrected chi connectivity index (χ1v) is 9.89. The van der Waals surface area contributed by atoms with Gasteiger partial charge in [-0.1, -0.05) is 29.3 Å². The standard InChI is InChI=1S/C21H21Cl2N5O/c1-12(2)25-21-26-13(3)9-19(28-21)27-18-11-14(7-8-24-18)10-17(29)20-15(22)5-4-6-16(20)23/h4-9,11-12H,10H2,1-3H3,(H2,24,25,26,27,28). The number of anilines is 3. The Hall–Kier alpha value is -2.70. The summed E-state index contributed by atoms with van der Waals surface area (Å²) in [5, 5.41) is 7.04. The number of carbonyl (C=O) groups excluding carboxylic acids is 1. The zero-order valence-electron chi connectivity index (χ0n) is 16.3. The largest absolute Gasteiger partial charge is 0.352 e. The van der Waals surface area contributed by atoms with Crippen LogP contribution in [0.2, 0.25) is 10.0 Å². The molecule has 150 valence electrons. The van der Waals surface area contributed by atoms with Crippen LogP contribution in [0.15, 0.2) is 42.6 Å². The molecule has 0 atom stereocenters. The van der Waals surface area contributed by atoms with Crippen molar-refractivity contribution in [1.82, 2.24) is 15.0 Å². The molecule has 29 heavy (non-hydrogen) atoms. The van der Waals surface area contributed by atoms with E-state index in [0.717, 1.165) is 11.3 Å². The Bertz CT molecular complexity index is 1020. The molecule has 0 spiro atoms. The lowest BCUT2D eigenvalue weighted by atomic mass is 10.0. The number of rotatable bonds is 7. The molecule has 0 aliphatic carbocycles. The second-order valence-corrected chi connectivity index (χ2v) is 7.70. The highest BCUT2D eigenvalue weighted by Gasteiger charge is 2.15. The minimum atomic E-state index is -0.154. The third-order valence-corrected chi connectivity index (χ3v) is 4.59. The maximum Gasteiger partial charge on any atom is 0.225 e. The molecule has 0 saturated carbocycles. The van der Waals surface area contributed by atoms with Gasteiger partial charge in [0.25, 0.3) is 0 Å². The number of nitrogens with zero attached hydrogens (tertiary/aromatic N) is 3. The summed E-state index contributed by atoms with van der Waals surface area (Å²) in [6.07, 6.45) is 1.80. The Kier molecular flexibility index (Phi) is 6.67.